The minimum Gasteiger partial charge on any atom is -0.465 e. The van der Waals surface area contributed by atoms with E-state index in [0.717, 1.165) is 18.8 Å². The molecule has 1 N–H and O–H groups in total. The van der Waals surface area contributed by atoms with Crippen molar-refractivity contribution in [3.8, 4) is 0 Å². The molecule has 3 aliphatic rings. The Balaban J connectivity index is 1.74. The number of carbonyl (C=O) groups excluding carboxylic acids is 3. The van der Waals surface area contributed by atoms with Crippen LogP contribution in [-0.2, 0) is 19.1 Å². The molecule has 4 rings (SSSR count). The molecule has 218 valence electrons. The number of aliphatic hydroxyl groups excluding tert-OH is 1. The van der Waals surface area contributed by atoms with Gasteiger partial charge < -0.3 is 24.5 Å². The maximum Gasteiger partial charge on any atom is 0.311 e. The fraction of sp³-hybridized carbons (Fsp3) is 0.581. The monoisotopic (exact) mass is 569 g/mol. The Labute approximate surface area is 242 Å². The molecule has 2 amide bonds. The number of hydrogen-bond acceptors (Lipinski definition) is 7. The second kappa shape index (κ2) is 12.0. The molecule has 0 saturated carbocycles. The van der Waals surface area contributed by atoms with Crippen molar-refractivity contribution in [2.24, 2.45) is 11.8 Å². The number of nitrogens with zero attached hydrogens (tertiary/aromatic N) is 3. The zero-order valence-corrected chi connectivity index (χ0v) is 25.0. The van der Waals surface area contributed by atoms with Crippen molar-refractivity contribution < 1.29 is 24.2 Å². The van der Waals surface area contributed by atoms with Crippen LogP contribution in [0.15, 0.2) is 49.6 Å². The van der Waals surface area contributed by atoms with E-state index in [0.29, 0.717) is 24.9 Å². The predicted molar refractivity (Wildman–Crippen MR) is 160 cm³/mol. The maximum absolute atomic E-state index is 14.6. The number of ether oxygens (including phenoxy) is 1. The second-order valence-electron chi connectivity index (χ2n) is 11.2. The number of anilines is 2. The highest BCUT2D eigenvalue weighted by molar-refractivity contribution is 8.02. The molecule has 1 aromatic carbocycles. The van der Waals surface area contributed by atoms with Crippen molar-refractivity contribution in [3.05, 3.63) is 49.6 Å². The standard InChI is InChI=1S/C31H43N3O5S/c1-7-11-19-39-29(38)25-24-27(36)34(21(5)20-35)26(31(24)17-16-30(25,6)40-31)28(37)33(18-8-2)23-14-12-22(13-15-23)32(9-3)10-4/h7-8,12-15,21,24-26,35H,1-2,9-11,16-20H2,3-6H3/t21-,24+,25-,26?,30+,31?/m1/s1. The van der Waals surface area contributed by atoms with E-state index in [1.54, 1.807) is 40.6 Å². The lowest BCUT2D eigenvalue weighted by Crippen LogP contribution is -2.57. The zero-order chi connectivity index (χ0) is 29.2. The van der Waals surface area contributed by atoms with E-state index in [1.807, 2.05) is 31.2 Å². The fourth-order valence-corrected chi connectivity index (χ4v) is 9.25. The number of thioether (sulfide) groups is 1. The van der Waals surface area contributed by atoms with Gasteiger partial charge in [-0.15, -0.1) is 24.9 Å². The van der Waals surface area contributed by atoms with Crippen LogP contribution in [0.2, 0.25) is 0 Å². The SMILES string of the molecule is C=CCCOC(=O)[C@H]1[C@H]2C(=O)N([C@H](C)CO)C(C(=O)N(CC=C)c3ccc(N(CC)CC)cc3)C23CC[C@]1(C)S3. The number of carbonyl (C=O) groups is 3. The van der Waals surface area contributed by atoms with Crippen LogP contribution in [-0.4, -0.2) is 82.2 Å². The molecular formula is C31H43N3O5S. The van der Waals surface area contributed by atoms with Crippen molar-refractivity contribution in [2.45, 2.75) is 68.5 Å². The minimum atomic E-state index is -0.827. The van der Waals surface area contributed by atoms with Gasteiger partial charge in [0, 0.05) is 35.8 Å². The Morgan fingerprint density at radius 3 is 2.40 bits per heavy atom. The molecule has 9 heteroatoms. The van der Waals surface area contributed by atoms with Crippen LogP contribution in [0.1, 0.15) is 47.0 Å². The van der Waals surface area contributed by atoms with Crippen molar-refractivity contribution in [2.75, 3.05) is 42.6 Å². The molecule has 2 unspecified atom stereocenters. The summed E-state index contributed by atoms with van der Waals surface area (Å²) in [4.78, 5) is 47.6. The zero-order valence-electron chi connectivity index (χ0n) is 24.2. The molecule has 3 aliphatic heterocycles. The van der Waals surface area contributed by atoms with Gasteiger partial charge in [0.05, 0.1) is 35.8 Å². The Kier molecular flexibility index (Phi) is 9.05. The summed E-state index contributed by atoms with van der Waals surface area (Å²) in [6.07, 6.45) is 5.24. The smallest absolute Gasteiger partial charge is 0.311 e. The van der Waals surface area contributed by atoms with Gasteiger partial charge in [0.2, 0.25) is 5.91 Å². The molecule has 6 atom stereocenters. The average molecular weight is 570 g/mol. The third kappa shape index (κ3) is 4.85. The van der Waals surface area contributed by atoms with Gasteiger partial charge in [-0.25, -0.2) is 0 Å². The van der Waals surface area contributed by atoms with Crippen LogP contribution in [0.25, 0.3) is 0 Å². The van der Waals surface area contributed by atoms with Gasteiger partial charge in [-0.05, 0) is 71.2 Å². The Hall–Kier alpha value is -2.78. The topological polar surface area (TPSA) is 90.4 Å². The van der Waals surface area contributed by atoms with Crippen LogP contribution >= 0.6 is 11.8 Å². The highest BCUT2D eigenvalue weighted by atomic mass is 32.2. The first-order valence-corrected chi connectivity index (χ1v) is 15.1. The number of benzene rings is 1. The Morgan fingerprint density at radius 2 is 1.82 bits per heavy atom. The number of hydrogen-bond donors (Lipinski definition) is 1. The number of rotatable bonds is 13. The second-order valence-corrected chi connectivity index (χ2v) is 13.1. The highest BCUT2D eigenvalue weighted by Crippen LogP contribution is 2.71. The fourth-order valence-electron chi connectivity index (χ4n) is 6.93. The largest absolute Gasteiger partial charge is 0.465 e. The molecule has 40 heavy (non-hydrogen) atoms. The van der Waals surface area contributed by atoms with Gasteiger partial charge in [0.1, 0.15) is 6.04 Å². The van der Waals surface area contributed by atoms with E-state index in [9.17, 15) is 19.5 Å². The Morgan fingerprint density at radius 1 is 1.18 bits per heavy atom. The first kappa shape index (κ1) is 30.2. The van der Waals surface area contributed by atoms with Crippen LogP contribution in [0.4, 0.5) is 11.4 Å². The van der Waals surface area contributed by atoms with E-state index in [-0.39, 0.29) is 31.6 Å². The van der Waals surface area contributed by atoms with Crippen molar-refractivity contribution in [1.29, 1.82) is 0 Å². The molecule has 8 nitrogen and oxygen atoms in total. The third-order valence-electron chi connectivity index (χ3n) is 8.88. The quantitative estimate of drug-likeness (QED) is 0.218. The van der Waals surface area contributed by atoms with Gasteiger partial charge in [-0.2, -0.15) is 0 Å². The summed E-state index contributed by atoms with van der Waals surface area (Å²) < 4.78 is 4.31. The summed E-state index contributed by atoms with van der Waals surface area (Å²) in [7, 11) is 0. The molecule has 1 spiro atoms. The summed E-state index contributed by atoms with van der Waals surface area (Å²) in [5.41, 5.74) is 1.79. The molecule has 0 aliphatic carbocycles. The number of fused-ring (bicyclic) bond motifs is 1. The summed E-state index contributed by atoms with van der Waals surface area (Å²) in [5, 5.41) is 10.2. The van der Waals surface area contributed by atoms with Gasteiger partial charge in [0.15, 0.2) is 0 Å². The molecule has 3 fully saturated rings. The van der Waals surface area contributed by atoms with E-state index in [2.05, 4.69) is 31.9 Å². The van der Waals surface area contributed by atoms with E-state index in [1.165, 1.54) is 0 Å². The number of aliphatic hydroxyl groups is 1. The van der Waals surface area contributed by atoms with Crippen molar-refractivity contribution in [1.82, 2.24) is 4.90 Å². The minimum absolute atomic E-state index is 0.212. The van der Waals surface area contributed by atoms with Crippen molar-refractivity contribution >= 4 is 40.9 Å². The van der Waals surface area contributed by atoms with Crippen LogP contribution in [0.3, 0.4) is 0 Å². The molecule has 3 saturated heterocycles. The van der Waals surface area contributed by atoms with E-state index < -0.39 is 39.4 Å². The number of esters is 1. The van der Waals surface area contributed by atoms with Crippen molar-refractivity contribution in [3.63, 3.8) is 0 Å². The van der Waals surface area contributed by atoms with Gasteiger partial charge in [-0.1, -0.05) is 12.2 Å². The summed E-state index contributed by atoms with van der Waals surface area (Å²) in [6, 6.07) is 6.47. The number of amides is 2. The lowest BCUT2D eigenvalue weighted by molar-refractivity contribution is -0.155. The van der Waals surface area contributed by atoms with Gasteiger partial charge >= 0.3 is 5.97 Å². The summed E-state index contributed by atoms with van der Waals surface area (Å²) in [6.45, 7) is 17.5. The van der Waals surface area contributed by atoms with Gasteiger partial charge in [-0.3, -0.25) is 14.4 Å². The Bertz CT molecular complexity index is 1140. The first-order valence-electron chi connectivity index (χ1n) is 14.3. The first-order chi connectivity index (χ1) is 19.1. The normalized spacial score (nSPS) is 29.2. The van der Waals surface area contributed by atoms with Gasteiger partial charge in [0.25, 0.3) is 5.91 Å². The molecule has 0 radical (unpaired) electrons. The molecule has 3 heterocycles. The number of likely N-dealkylation sites (tertiary alicyclic amines) is 1. The predicted octanol–water partition coefficient (Wildman–Crippen LogP) is 4.03. The summed E-state index contributed by atoms with van der Waals surface area (Å²) >= 11 is 1.60. The summed E-state index contributed by atoms with van der Waals surface area (Å²) in [5.74, 6) is -2.21. The molecule has 0 aromatic heterocycles. The lowest BCUT2D eigenvalue weighted by atomic mass is 9.66. The molecule has 1 aromatic rings. The van der Waals surface area contributed by atoms with Crippen LogP contribution < -0.4 is 9.80 Å². The van der Waals surface area contributed by atoms with E-state index >= 15 is 0 Å². The molecular weight excluding hydrogens is 526 g/mol. The average Bonchev–Trinajstić information content (AvgIpc) is 3.52. The van der Waals surface area contributed by atoms with Crippen LogP contribution in [0.5, 0.6) is 0 Å². The van der Waals surface area contributed by atoms with Crippen LogP contribution in [0, 0.1) is 11.8 Å². The molecule has 2 bridgehead atoms. The van der Waals surface area contributed by atoms with E-state index in [4.69, 9.17) is 4.74 Å². The lowest BCUT2D eigenvalue weighted by Gasteiger charge is -2.39. The maximum atomic E-state index is 14.6. The third-order valence-corrected chi connectivity index (χ3v) is 10.9. The highest BCUT2D eigenvalue weighted by Gasteiger charge is 2.78.